The van der Waals surface area contributed by atoms with Gasteiger partial charge in [0, 0.05) is 23.6 Å². The molecule has 9 heteroatoms. The van der Waals surface area contributed by atoms with Gasteiger partial charge >= 0.3 is 5.97 Å². The number of pyridine rings is 1. The number of hydrogen-bond acceptors (Lipinski definition) is 6. The molecule has 1 aliphatic heterocycles. The van der Waals surface area contributed by atoms with E-state index in [2.05, 4.69) is 5.10 Å². The van der Waals surface area contributed by atoms with Gasteiger partial charge in [0.15, 0.2) is 19.0 Å². The Balaban J connectivity index is 1.50. The number of hydrazone groups is 1. The number of furan rings is 1. The van der Waals surface area contributed by atoms with E-state index in [1.807, 2.05) is 12.1 Å². The second kappa shape index (κ2) is 8.38. The van der Waals surface area contributed by atoms with Gasteiger partial charge in [0.1, 0.15) is 11.8 Å². The second-order valence-corrected chi connectivity index (χ2v) is 6.99. The van der Waals surface area contributed by atoms with Crippen LogP contribution in [0.25, 0.3) is 0 Å². The number of amides is 1. The Morgan fingerprint density at radius 2 is 1.93 bits per heavy atom. The first kappa shape index (κ1) is 19.7. The third kappa shape index (κ3) is 4.18. The van der Waals surface area contributed by atoms with Gasteiger partial charge < -0.3 is 14.4 Å². The van der Waals surface area contributed by atoms with Gasteiger partial charge in [-0.1, -0.05) is 23.7 Å². The average Bonchev–Trinajstić information content (AvgIpc) is 3.43. The molecule has 3 aromatic rings. The zero-order chi connectivity index (χ0) is 21.1. The molecule has 0 saturated heterocycles. The number of ether oxygens (including phenoxy) is 1. The summed E-state index contributed by atoms with van der Waals surface area (Å²) in [4.78, 5) is 24.9. The van der Waals surface area contributed by atoms with Crippen molar-refractivity contribution in [2.75, 3.05) is 6.61 Å². The van der Waals surface area contributed by atoms with Crippen molar-refractivity contribution in [3.63, 3.8) is 0 Å². The van der Waals surface area contributed by atoms with Crippen molar-refractivity contribution in [3.8, 4) is 0 Å². The number of aromatic nitrogens is 1. The molecule has 0 radical (unpaired) electrons. The molecule has 8 nitrogen and oxygen atoms in total. The minimum absolute atomic E-state index is 0.171. The molecule has 0 saturated carbocycles. The molecule has 0 unspecified atom stereocenters. The summed E-state index contributed by atoms with van der Waals surface area (Å²) in [7, 11) is 0. The van der Waals surface area contributed by atoms with E-state index in [1.165, 1.54) is 35.8 Å². The van der Waals surface area contributed by atoms with E-state index in [0.29, 0.717) is 27.6 Å². The molecule has 4 rings (SSSR count). The normalized spacial score (nSPS) is 15.7. The largest absolute Gasteiger partial charge is 0.619 e. The number of esters is 1. The predicted octanol–water partition coefficient (Wildman–Crippen LogP) is 3.10. The Labute approximate surface area is 176 Å². The molecule has 30 heavy (non-hydrogen) atoms. The SMILES string of the molecule is O=C(OCC(=O)N1N=C(c2ccc(Cl)cc2)C[C@@H]1c1ccco1)c1cc[n+]([O-])cc1. The standard InChI is InChI=1S/C21H16ClN3O5/c22-16-5-3-14(4-6-16)17-12-18(19-2-1-11-29-19)25(23-17)20(26)13-30-21(27)15-7-9-24(28)10-8-15/h1-11,18H,12-13H2/t18-/m1/s1. The van der Waals surface area contributed by atoms with E-state index in [4.69, 9.17) is 20.8 Å². The lowest BCUT2D eigenvalue weighted by molar-refractivity contribution is -0.605. The van der Waals surface area contributed by atoms with Crippen LogP contribution < -0.4 is 4.73 Å². The smallest absolute Gasteiger partial charge is 0.339 e. The Bertz CT molecular complexity index is 1080. The predicted molar refractivity (Wildman–Crippen MR) is 107 cm³/mol. The Morgan fingerprint density at radius 1 is 1.20 bits per heavy atom. The fourth-order valence-corrected chi connectivity index (χ4v) is 3.21. The van der Waals surface area contributed by atoms with Crippen LogP contribution in [0, 0.1) is 5.21 Å². The van der Waals surface area contributed by atoms with E-state index < -0.39 is 24.5 Å². The molecule has 3 heterocycles. The molecular formula is C21H16ClN3O5. The summed E-state index contributed by atoms with van der Waals surface area (Å²) in [6.45, 7) is -0.500. The monoisotopic (exact) mass is 425 g/mol. The van der Waals surface area contributed by atoms with E-state index in [0.717, 1.165) is 5.56 Å². The number of carbonyl (C=O) groups is 2. The number of rotatable bonds is 5. The van der Waals surface area contributed by atoms with Crippen molar-refractivity contribution in [2.45, 2.75) is 12.5 Å². The summed E-state index contributed by atoms with van der Waals surface area (Å²) in [5.41, 5.74) is 1.69. The van der Waals surface area contributed by atoms with Crippen molar-refractivity contribution in [1.82, 2.24) is 5.01 Å². The molecule has 0 bridgehead atoms. The maximum atomic E-state index is 12.8. The topological polar surface area (TPSA) is 99.1 Å². The highest BCUT2D eigenvalue weighted by Gasteiger charge is 2.35. The van der Waals surface area contributed by atoms with Crippen LogP contribution in [0.2, 0.25) is 5.02 Å². The van der Waals surface area contributed by atoms with Gasteiger partial charge in [0.25, 0.3) is 5.91 Å². The van der Waals surface area contributed by atoms with Crippen LogP contribution in [0.1, 0.15) is 34.1 Å². The van der Waals surface area contributed by atoms with Gasteiger partial charge in [-0.2, -0.15) is 9.83 Å². The fourth-order valence-electron chi connectivity index (χ4n) is 3.09. The first-order valence-corrected chi connectivity index (χ1v) is 9.44. The molecule has 0 N–H and O–H groups in total. The van der Waals surface area contributed by atoms with Gasteiger partial charge in [0.2, 0.25) is 0 Å². The molecular weight excluding hydrogens is 410 g/mol. The first-order valence-electron chi connectivity index (χ1n) is 9.06. The summed E-state index contributed by atoms with van der Waals surface area (Å²) in [5, 5.41) is 17.4. The number of benzene rings is 1. The molecule has 1 amide bonds. The molecule has 0 aliphatic carbocycles. The van der Waals surface area contributed by atoms with Gasteiger partial charge in [0.05, 0.1) is 17.5 Å². The zero-order valence-corrected chi connectivity index (χ0v) is 16.4. The zero-order valence-electron chi connectivity index (χ0n) is 15.6. The van der Waals surface area contributed by atoms with E-state index in [9.17, 15) is 14.8 Å². The van der Waals surface area contributed by atoms with Crippen LogP contribution in [0.4, 0.5) is 0 Å². The third-order valence-electron chi connectivity index (χ3n) is 4.58. The lowest BCUT2D eigenvalue weighted by Crippen LogP contribution is -2.31. The summed E-state index contributed by atoms with van der Waals surface area (Å²) in [6.07, 6.45) is 4.32. The van der Waals surface area contributed by atoms with Crippen LogP contribution >= 0.6 is 11.6 Å². The maximum absolute atomic E-state index is 12.8. The van der Waals surface area contributed by atoms with Crippen molar-refractivity contribution in [2.24, 2.45) is 5.10 Å². The maximum Gasteiger partial charge on any atom is 0.339 e. The number of hydrogen-bond donors (Lipinski definition) is 0. The molecule has 2 aromatic heterocycles. The van der Waals surface area contributed by atoms with Crippen LogP contribution in [-0.2, 0) is 9.53 Å². The molecule has 1 aromatic carbocycles. The van der Waals surface area contributed by atoms with Crippen molar-refractivity contribution in [1.29, 1.82) is 0 Å². The quantitative estimate of drug-likeness (QED) is 0.355. The van der Waals surface area contributed by atoms with Crippen molar-refractivity contribution >= 4 is 29.2 Å². The molecule has 152 valence electrons. The summed E-state index contributed by atoms with van der Waals surface area (Å²) < 4.78 is 11.1. The number of carbonyl (C=O) groups excluding carboxylic acids is 2. The van der Waals surface area contributed by atoms with Crippen molar-refractivity contribution in [3.05, 3.63) is 94.3 Å². The Hall–Kier alpha value is -3.65. The summed E-state index contributed by atoms with van der Waals surface area (Å²) in [6, 6.07) is 12.8. The highest BCUT2D eigenvalue weighted by atomic mass is 35.5. The average molecular weight is 426 g/mol. The van der Waals surface area contributed by atoms with E-state index in [-0.39, 0.29) is 5.56 Å². The fraction of sp³-hybridized carbons (Fsp3) is 0.143. The van der Waals surface area contributed by atoms with Gasteiger partial charge in [-0.25, -0.2) is 9.80 Å². The molecule has 1 atom stereocenters. The number of halogens is 1. The molecule has 0 fully saturated rings. The van der Waals surface area contributed by atoms with Crippen LogP contribution in [0.15, 0.2) is 76.7 Å². The Morgan fingerprint density at radius 3 is 2.60 bits per heavy atom. The second-order valence-electron chi connectivity index (χ2n) is 6.55. The number of nitrogens with zero attached hydrogens (tertiary/aromatic N) is 3. The summed E-state index contributed by atoms with van der Waals surface area (Å²) in [5.74, 6) is -0.631. The highest BCUT2D eigenvalue weighted by Crippen LogP contribution is 2.33. The first-order chi connectivity index (χ1) is 14.5. The lowest BCUT2D eigenvalue weighted by atomic mass is 10.0. The van der Waals surface area contributed by atoms with Crippen LogP contribution in [0.5, 0.6) is 0 Å². The minimum Gasteiger partial charge on any atom is -0.619 e. The van der Waals surface area contributed by atoms with Gasteiger partial charge in [-0.15, -0.1) is 0 Å². The summed E-state index contributed by atoms with van der Waals surface area (Å²) >= 11 is 5.95. The van der Waals surface area contributed by atoms with Crippen LogP contribution in [0.3, 0.4) is 0 Å². The highest BCUT2D eigenvalue weighted by molar-refractivity contribution is 6.30. The van der Waals surface area contributed by atoms with E-state index in [1.54, 1.807) is 24.3 Å². The van der Waals surface area contributed by atoms with Gasteiger partial charge in [-0.3, -0.25) is 4.79 Å². The molecule has 0 spiro atoms. The Kier molecular flexibility index (Phi) is 5.49. The third-order valence-corrected chi connectivity index (χ3v) is 4.83. The minimum atomic E-state index is -0.709. The van der Waals surface area contributed by atoms with Crippen molar-refractivity contribution < 1.29 is 23.5 Å². The lowest BCUT2D eigenvalue weighted by Gasteiger charge is -2.19. The van der Waals surface area contributed by atoms with Crippen LogP contribution in [-0.4, -0.2) is 29.2 Å². The van der Waals surface area contributed by atoms with Gasteiger partial charge in [-0.05, 0) is 29.8 Å². The molecule has 1 aliphatic rings. The van der Waals surface area contributed by atoms with E-state index >= 15 is 0 Å².